The quantitative estimate of drug-likeness (QED) is 0.847. The Morgan fingerprint density at radius 3 is 2.63 bits per heavy atom. The molecule has 3 aliphatic rings. The van der Waals surface area contributed by atoms with E-state index in [-0.39, 0.29) is 11.9 Å². The summed E-state index contributed by atoms with van der Waals surface area (Å²) < 4.78 is 5.41. The number of amides is 1. The van der Waals surface area contributed by atoms with E-state index in [1.54, 1.807) is 18.9 Å². The van der Waals surface area contributed by atoms with Gasteiger partial charge in [-0.15, -0.1) is 0 Å². The summed E-state index contributed by atoms with van der Waals surface area (Å²) in [5.74, 6) is 1.52. The van der Waals surface area contributed by atoms with Crippen molar-refractivity contribution in [3.05, 3.63) is 54.1 Å². The van der Waals surface area contributed by atoms with Gasteiger partial charge in [0, 0.05) is 29.1 Å². The van der Waals surface area contributed by atoms with Gasteiger partial charge in [-0.05, 0) is 68.6 Å². The summed E-state index contributed by atoms with van der Waals surface area (Å²) in [4.78, 5) is 17.3. The molecule has 0 aliphatic carbocycles. The lowest BCUT2D eigenvalue weighted by Crippen LogP contribution is -2.60. The Morgan fingerprint density at radius 2 is 1.96 bits per heavy atom. The van der Waals surface area contributed by atoms with Crippen LogP contribution in [0.5, 0.6) is 5.75 Å². The monoisotopic (exact) mass is 382 g/mol. The molecule has 3 fully saturated rings. The van der Waals surface area contributed by atoms with Gasteiger partial charge >= 0.3 is 0 Å². The van der Waals surface area contributed by atoms with Crippen molar-refractivity contribution in [2.75, 3.05) is 20.2 Å². The van der Waals surface area contributed by atoms with E-state index in [1.165, 1.54) is 19.4 Å². The second-order valence-electron chi connectivity index (χ2n) is 7.49. The van der Waals surface area contributed by atoms with Gasteiger partial charge in [-0.1, -0.05) is 23.9 Å². The molecule has 1 N–H and O–H groups in total. The Labute approximate surface area is 165 Å². The van der Waals surface area contributed by atoms with Gasteiger partial charge in [0.05, 0.1) is 12.0 Å². The third kappa shape index (κ3) is 3.99. The van der Waals surface area contributed by atoms with E-state index in [4.69, 9.17) is 4.74 Å². The van der Waals surface area contributed by atoms with Crippen LogP contribution in [0, 0.1) is 5.92 Å². The van der Waals surface area contributed by atoms with Crippen LogP contribution in [0.25, 0.3) is 0 Å². The predicted molar refractivity (Wildman–Crippen MR) is 109 cm³/mol. The zero-order chi connectivity index (χ0) is 18.8. The van der Waals surface area contributed by atoms with E-state index < -0.39 is 0 Å². The van der Waals surface area contributed by atoms with Crippen molar-refractivity contribution in [3.8, 4) is 5.75 Å². The summed E-state index contributed by atoms with van der Waals surface area (Å²) in [5.41, 5.74) is 0.726. The van der Waals surface area contributed by atoms with Crippen LogP contribution in [0.3, 0.4) is 0 Å². The van der Waals surface area contributed by atoms with Gasteiger partial charge in [0.25, 0.3) is 5.91 Å². The highest BCUT2D eigenvalue weighted by Gasteiger charge is 2.38. The predicted octanol–water partition coefficient (Wildman–Crippen LogP) is 4.06. The first kappa shape index (κ1) is 18.4. The fourth-order valence-electron chi connectivity index (χ4n) is 4.22. The average Bonchev–Trinajstić information content (AvgIpc) is 2.70. The van der Waals surface area contributed by atoms with Crippen LogP contribution in [-0.4, -0.2) is 43.1 Å². The molecule has 0 spiro atoms. The standard InChI is InChI=1S/C22H26N2O2S/c1-15-13-17-11-12-24(15)14-19(17)23-22(25)16-7-9-18(10-8-16)27-21-6-4-3-5-20(21)26-2/h3-10,15,17,19H,11-14H2,1-2H3,(H,23,25). The fourth-order valence-corrected chi connectivity index (χ4v) is 5.14. The van der Waals surface area contributed by atoms with Gasteiger partial charge in [-0.2, -0.15) is 0 Å². The van der Waals surface area contributed by atoms with Crippen LogP contribution in [0.4, 0.5) is 0 Å². The van der Waals surface area contributed by atoms with Gasteiger partial charge in [0.15, 0.2) is 0 Å². The Kier molecular flexibility index (Phi) is 5.41. The maximum absolute atomic E-state index is 12.7. The molecule has 2 aromatic rings. The van der Waals surface area contributed by atoms with E-state index >= 15 is 0 Å². The van der Waals surface area contributed by atoms with Crippen molar-refractivity contribution in [2.24, 2.45) is 5.92 Å². The molecule has 2 aromatic carbocycles. The van der Waals surface area contributed by atoms with Crippen LogP contribution >= 0.6 is 11.8 Å². The van der Waals surface area contributed by atoms with Crippen molar-refractivity contribution in [1.82, 2.24) is 10.2 Å². The largest absolute Gasteiger partial charge is 0.496 e. The van der Waals surface area contributed by atoms with Crippen molar-refractivity contribution >= 4 is 17.7 Å². The molecule has 3 saturated heterocycles. The number of ether oxygens (including phenoxy) is 1. The number of nitrogens with one attached hydrogen (secondary N) is 1. The zero-order valence-corrected chi connectivity index (χ0v) is 16.7. The van der Waals surface area contributed by atoms with Crippen LogP contribution in [-0.2, 0) is 0 Å². The molecule has 4 nitrogen and oxygen atoms in total. The van der Waals surface area contributed by atoms with Crippen molar-refractivity contribution in [1.29, 1.82) is 0 Å². The molecule has 5 heteroatoms. The molecule has 3 heterocycles. The molecule has 3 aliphatic heterocycles. The van der Waals surface area contributed by atoms with E-state index in [0.29, 0.717) is 12.0 Å². The first-order valence-electron chi connectivity index (χ1n) is 9.60. The molecule has 2 bridgehead atoms. The second kappa shape index (κ2) is 7.95. The number of carbonyl (C=O) groups is 1. The Balaban J connectivity index is 1.39. The number of methoxy groups -OCH3 is 1. The summed E-state index contributed by atoms with van der Waals surface area (Å²) in [6.07, 6.45) is 2.39. The fraction of sp³-hybridized carbons (Fsp3) is 0.409. The number of nitrogens with zero attached hydrogens (tertiary/aromatic N) is 1. The smallest absolute Gasteiger partial charge is 0.251 e. The number of para-hydroxylation sites is 1. The van der Waals surface area contributed by atoms with Crippen molar-refractivity contribution in [3.63, 3.8) is 0 Å². The van der Waals surface area contributed by atoms with Gasteiger partial charge < -0.3 is 10.1 Å². The number of hydrogen-bond acceptors (Lipinski definition) is 4. The molecular weight excluding hydrogens is 356 g/mol. The maximum atomic E-state index is 12.7. The normalized spacial score (nSPS) is 26.6. The SMILES string of the molecule is COc1ccccc1Sc1ccc(C(=O)NC2CN3CCC2CC3C)cc1. The Morgan fingerprint density at radius 1 is 1.19 bits per heavy atom. The molecule has 5 rings (SSSR count). The summed E-state index contributed by atoms with van der Waals surface area (Å²) in [6, 6.07) is 16.7. The third-order valence-corrected chi connectivity index (χ3v) is 6.85. The minimum absolute atomic E-state index is 0.0373. The van der Waals surface area contributed by atoms with Gasteiger partial charge in [0.1, 0.15) is 5.75 Å². The summed E-state index contributed by atoms with van der Waals surface area (Å²) in [7, 11) is 1.68. The Bertz CT molecular complexity index is 808. The molecule has 27 heavy (non-hydrogen) atoms. The molecule has 0 radical (unpaired) electrons. The van der Waals surface area contributed by atoms with Crippen LogP contribution in [0.1, 0.15) is 30.1 Å². The highest BCUT2D eigenvalue weighted by atomic mass is 32.2. The van der Waals surface area contributed by atoms with E-state index in [9.17, 15) is 4.79 Å². The summed E-state index contributed by atoms with van der Waals surface area (Å²) >= 11 is 1.64. The number of fused-ring (bicyclic) bond motifs is 3. The lowest BCUT2D eigenvalue weighted by molar-refractivity contribution is 0.0274. The molecule has 4 atom stereocenters. The summed E-state index contributed by atoms with van der Waals surface area (Å²) in [6.45, 7) is 4.45. The molecular formula is C22H26N2O2S. The van der Waals surface area contributed by atoms with Crippen LogP contribution in [0.2, 0.25) is 0 Å². The highest BCUT2D eigenvalue weighted by Crippen LogP contribution is 2.35. The molecule has 142 valence electrons. The van der Waals surface area contributed by atoms with E-state index in [1.807, 2.05) is 48.5 Å². The van der Waals surface area contributed by atoms with E-state index in [2.05, 4.69) is 17.1 Å². The minimum Gasteiger partial charge on any atom is -0.496 e. The van der Waals surface area contributed by atoms with Gasteiger partial charge in [-0.3, -0.25) is 9.69 Å². The van der Waals surface area contributed by atoms with Crippen molar-refractivity contribution in [2.45, 2.75) is 41.6 Å². The zero-order valence-electron chi connectivity index (χ0n) is 15.9. The van der Waals surface area contributed by atoms with E-state index in [0.717, 1.165) is 27.6 Å². The lowest BCUT2D eigenvalue weighted by atomic mass is 9.80. The second-order valence-corrected chi connectivity index (χ2v) is 8.60. The van der Waals surface area contributed by atoms with Crippen LogP contribution < -0.4 is 10.1 Å². The van der Waals surface area contributed by atoms with Gasteiger partial charge in [-0.25, -0.2) is 0 Å². The number of piperidine rings is 3. The molecule has 4 unspecified atom stereocenters. The molecule has 0 saturated carbocycles. The van der Waals surface area contributed by atoms with Gasteiger partial charge in [0.2, 0.25) is 0 Å². The molecule has 1 amide bonds. The number of rotatable bonds is 5. The highest BCUT2D eigenvalue weighted by molar-refractivity contribution is 7.99. The number of benzene rings is 2. The minimum atomic E-state index is 0.0373. The third-order valence-electron chi connectivity index (χ3n) is 5.78. The number of hydrogen-bond donors (Lipinski definition) is 1. The van der Waals surface area contributed by atoms with Crippen LogP contribution in [0.15, 0.2) is 58.3 Å². The topological polar surface area (TPSA) is 41.6 Å². The lowest BCUT2D eigenvalue weighted by Gasteiger charge is -2.48. The first-order valence-corrected chi connectivity index (χ1v) is 10.4. The van der Waals surface area contributed by atoms with Crippen molar-refractivity contribution < 1.29 is 9.53 Å². The first-order chi connectivity index (χ1) is 13.1. The Hall–Kier alpha value is -1.98. The molecule has 0 aromatic heterocycles. The maximum Gasteiger partial charge on any atom is 0.251 e. The average molecular weight is 383 g/mol. The summed E-state index contributed by atoms with van der Waals surface area (Å²) in [5, 5.41) is 3.27. The number of carbonyl (C=O) groups excluding carboxylic acids is 1.